The van der Waals surface area contributed by atoms with Crippen molar-refractivity contribution in [2.45, 2.75) is 17.4 Å². The number of amides is 1. The second kappa shape index (κ2) is 10.3. The van der Waals surface area contributed by atoms with Crippen LogP contribution in [0.3, 0.4) is 0 Å². The quantitative estimate of drug-likeness (QED) is 0.451. The summed E-state index contributed by atoms with van der Waals surface area (Å²) in [5.41, 5.74) is 1.36. The van der Waals surface area contributed by atoms with Gasteiger partial charge in [0.15, 0.2) is 0 Å². The van der Waals surface area contributed by atoms with Gasteiger partial charge in [0, 0.05) is 10.2 Å². The third-order valence-electron chi connectivity index (χ3n) is 4.42. The molecule has 0 aromatic heterocycles. The SMILES string of the molecule is COc1ccc(S(=O)(=O)NC(Cc2ccccc2)C(=O)Nc2cccc(Br)c2)cc1Cl. The van der Waals surface area contributed by atoms with E-state index in [1.54, 1.807) is 18.2 Å². The highest BCUT2D eigenvalue weighted by molar-refractivity contribution is 9.10. The average molecular weight is 524 g/mol. The van der Waals surface area contributed by atoms with Crippen LogP contribution in [0.25, 0.3) is 0 Å². The molecule has 1 atom stereocenters. The first-order valence-corrected chi connectivity index (χ1v) is 11.9. The molecule has 0 fully saturated rings. The van der Waals surface area contributed by atoms with Gasteiger partial charge >= 0.3 is 0 Å². The molecule has 1 unspecified atom stereocenters. The Kier molecular flexibility index (Phi) is 7.72. The fourth-order valence-corrected chi connectivity index (χ4v) is 4.85. The van der Waals surface area contributed by atoms with Gasteiger partial charge in [-0.25, -0.2) is 8.42 Å². The lowest BCUT2D eigenvalue weighted by Gasteiger charge is -2.19. The summed E-state index contributed by atoms with van der Waals surface area (Å²) in [5, 5.41) is 2.92. The maximum absolute atomic E-state index is 13.0. The summed E-state index contributed by atoms with van der Waals surface area (Å²) >= 11 is 9.44. The van der Waals surface area contributed by atoms with E-state index < -0.39 is 22.0 Å². The molecule has 9 heteroatoms. The number of rotatable bonds is 8. The minimum atomic E-state index is -4.03. The van der Waals surface area contributed by atoms with E-state index in [9.17, 15) is 13.2 Å². The highest BCUT2D eigenvalue weighted by Crippen LogP contribution is 2.27. The number of sulfonamides is 1. The van der Waals surface area contributed by atoms with Crippen molar-refractivity contribution in [1.82, 2.24) is 4.72 Å². The monoisotopic (exact) mass is 522 g/mol. The Bertz CT molecular complexity index is 1170. The van der Waals surface area contributed by atoms with Crippen LogP contribution in [0.4, 0.5) is 5.69 Å². The third kappa shape index (κ3) is 6.30. The average Bonchev–Trinajstić information content (AvgIpc) is 2.74. The molecule has 0 saturated carbocycles. The van der Waals surface area contributed by atoms with Crippen molar-refractivity contribution in [3.05, 3.63) is 87.9 Å². The maximum Gasteiger partial charge on any atom is 0.242 e. The minimum Gasteiger partial charge on any atom is -0.495 e. The summed E-state index contributed by atoms with van der Waals surface area (Å²) in [6.07, 6.45) is 0.170. The molecule has 0 spiro atoms. The molecule has 0 aliphatic carbocycles. The van der Waals surface area contributed by atoms with Crippen LogP contribution in [0.2, 0.25) is 5.02 Å². The van der Waals surface area contributed by atoms with Crippen molar-refractivity contribution in [1.29, 1.82) is 0 Å². The first-order chi connectivity index (χ1) is 14.8. The molecule has 3 aromatic rings. The number of ether oxygens (including phenoxy) is 1. The van der Waals surface area contributed by atoms with Gasteiger partial charge in [-0.15, -0.1) is 0 Å². The Morgan fingerprint density at radius 3 is 2.45 bits per heavy atom. The van der Waals surface area contributed by atoms with Gasteiger partial charge in [-0.2, -0.15) is 4.72 Å². The summed E-state index contributed by atoms with van der Waals surface area (Å²) < 4.78 is 34.4. The molecule has 0 bridgehead atoms. The highest BCUT2D eigenvalue weighted by Gasteiger charge is 2.27. The lowest BCUT2D eigenvalue weighted by molar-refractivity contribution is -0.117. The van der Waals surface area contributed by atoms with Gasteiger partial charge in [-0.3, -0.25) is 4.79 Å². The van der Waals surface area contributed by atoms with E-state index in [0.717, 1.165) is 10.0 Å². The van der Waals surface area contributed by atoms with Crippen LogP contribution in [-0.2, 0) is 21.2 Å². The summed E-state index contributed by atoms with van der Waals surface area (Å²) in [6.45, 7) is 0. The zero-order valence-corrected chi connectivity index (χ0v) is 19.7. The van der Waals surface area contributed by atoms with Gasteiger partial charge < -0.3 is 10.1 Å². The molecule has 0 saturated heterocycles. The van der Waals surface area contributed by atoms with E-state index in [-0.39, 0.29) is 16.3 Å². The van der Waals surface area contributed by atoms with E-state index in [2.05, 4.69) is 26.0 Å². The van der Waals surface area contributed by atoms with Crippen LogP contribution in [0.1, 0.15) is 5.56 Å². The number of halogens is 2. The number of methoxy groups -OCH3 is 1. The smallest absolute Gasteiger partial charge is 0.242 e. The van der Waals surface area contributed by atoms with Crippen molar-refractivity contribution in [2.75, 3.05) is 12.4 Å². The predicted octanol–water partition coefficient (Wildman–Crippen LogP) is 4.64. The molecule has 31 heavy (non-hydrogen) atoms. The van der Waals surface area contributed by atoms with E-state index >= 15 is 0 Å². The number of benzene rings is 3. The van der Waals surface area contributed by atoms with Gasteiger partial charge in [0.25, 0.3) is 0 Å². The molecular formula is C22H20BrClN2O4S. The van der Waals surface area contributed by atoms with Gasteiger partial charge in [0.1, 0.15) is 11.8 Å². The molecule has 162 valence electrons. The summed E-state index contributed by atoms with van der Waals surface area (Å²) in [4.78, 5) is 12.9. The molecule has 2 N–H and O–H groups in total. The predicted molar refractivity (Wildman–Crippen MR) is 125 cm³/mol. The molecule has 3 aromatic carbocycles. The highest BCUT2D eigenvalue weighted by atomic mass is 79.9. The fraction of sp³-hybridized carbons (Fsp3) is 0.136. The molecule has 0 aliphatic rings. The number of anilines is 1. The molecule has 0 aliphatic heterocycles. The van der Waals surface area contributed by atoms with Crippen LogP contribution in [0, 0.1) is 0 Å². The van der Waals surface area contributed by atoms with Crippen LogP contribution in [-0.4, -0.2) is 27.5 Å². The summed E-state index contributed by atoms with van der Waals surface area (Å²) in [7, 11) is -2.59. The van der Waals surface area contributed by atoms with E-state index in [0.29, 0.717) is 11.4 Å². The van der Waals surface area contributed by atoms with E-state index in [1.165, 1.54) is 25.3 Å². The standard InChI is InChI=1S/C22H20BrClN2O4S/c1-30-21-11-10-18(14-19(21)24)31(28,29)26-20(12-15-6-3-2-4-7-15)22(27)25-17-9-5-8-16(23)13-17/h2-11,13-14,20,26H,12H2,1H3,(H,25,27). The van der Waals surface area contributed by atoms with Crippen molar-refractivity contribution >= 4 is 49.1 Å². The molecule has 0 heterocycles. The fourth-order valence-electron chi connectivity index (χ4n) is 2.90. The second-order valence-electron chi connectivity index (χ2n) is 6.66. The molecule has 6 nitrogen and oxygen atoms in total. The zero-order valence-electron chi connectivity index (χ0n) is 16.5. The van der Waals surface area contributed by atoms with Crippen molar-refractivity contribution in [2.24, 2.45) is 0 Å². The first kappa shape index (κ1) is 23.3. The summed E-state index contributed by atoms with van der Waals surface area (Å²) in [5.74, 6) is -0.126. The molecule has 3 rings (SSSR count). The van der Waals surface area contributed by atoms with E-state index in [4.69, 9.17) is 16.3 Å². The van der Waals surface area contributed by atoms with Crippen LogP contribution in [0.5, 0.6) is 5.75 Å². The largest absolute Gasteiger partial charge is 0.495 e. The lowest BCUT2D eigenvalue weighted by atomic mass is 10.1. The number of carbonyl (C=O) groups is 1. The van der Waals surface area contributed by atoms with Crippen molar-refractivity contribution < 1.29 is 17.9 Å². The van der Waals surface area contributed by atoms with Gasteiger partial charge in [-0.1, -0.05) is 63.9 Å². The Balaban J connectivity index is 1.88. The van der Waals surface area contributed by atoms with Crippen molar-refractivity contribution in [3.63, 3.8) is 0 Å². The number of nitrogens with one attached hydrogen (secondary N) is 2. The Labute approximate surface area is 194 Å². The molecule has 0 radical (unpaired) electrons. The topological polar surface area (TPSA) is 84.5 Å². The zero-order chi connectivity index (χ0) is 22.4. The van der Waals surface area contributed by atoms with Crippen LogP contribution < -0.4 is 14.8 Å². The van der Waals surface area contributed by atoms with Gasteiger partial charge in [0.2, 0.25) is 15.9 Å². The van der Waals surface area contributed by atoms with Crippen molar-refractivity contribution in [3.8, 4) is 5.75 Å². The number of hydrogen-bond donors (Lipinski definition) is 2. The number of hydrogen-bond acceptors (Lipinski definition) is 4. The number of carbonyl (C=O) groups excluding carboxylic acids is 1. The normalized spacial score (nSPS) is 12.2. The first-order valence-electron chi connectivity index (χ1n) is 9.25. The third-order valence-corrected chi connectivity index (χ3v) is 6.68. The Hall–Kier alpha value is -2.39. The second-order valence-corrected chi connectivity index (χ2v) is 9.70. The van der Waals surface area contributed by atoms with Gasteiger partial charge in [0.05, 0.1) is 17.0 Å². The molecular weight excluding hydrogens is 504 g/mol. The van der Waals surface area contributed by atoms with Crippen LogP contribution >= 0.6 is 27.5 Å². The van der Waals surface area contributed by atoms with E-state index in [1.807, 2.05) is 36.4 Å². The minimum absolute atomic E-state index is 0.0633. The summed E-state index contributed by atoms with van der Waals surface area (Å²) in [6, 6.07) is 19.3. The Morgan fingerprint density at radius 1 is 1.06 bits per heavy atom. The van der Waals surface area contributed by atoms with Gasteiger partial charge in [-0.05, 0) is 48.4 Å². The lowest BCUT2D eigenvalue weighted by Crippen LogP contribution is -2.45. The molecule has 1 amide bonds. The Morgan fingerprint density at radius 2 is 1.81 bits per heavy atom. The maximum atomic E-state index is 13.0. The van der Waals surface area contributed by atoms with Crippen LogP contribution in [0.15, 0.2) is 82.2 Å².